The van der Waals surface area contributed by atoms with Crippen molar-refractivity contribution >= 4 is 17.9 Å². The highest BCUT2D eigenvalue weighted by molar-refractivity contribution is 5.83. The molecule has 0 aliphatic rings. The third-order valence-electron chi connectivity index (χ3n) is 2.92. The van der Waals surface area contributed by atoms with Crippen LogP contribution in [0.2, 0.25) is 0 Å². The lowest BCUT2D eigenvalue weighted by Gasteiger charge is -2.21. The summed E-state index contributed by atoms with van der Waals surface area (Å²) in [4.78, 5) is 34.2. The molecule has 4 N–H and O–H groups in total. The Balaban J connectivity index is 4.15. The zero-order valence-electron chi connectivity index (χ0n) is 13.4. The summed E-state index contributed by atoms with van der Waals surface area (Å²) in [5, 5.41) is 16.7. The highest BCUT2D eigenvalue weighted by Crippen LogP contribution is 2.07. The average molecular weight is 301 g/mol. The van der Waals surface area contributed by atoms with Gasteiger partial charge in [-0.05, 0) is 26.7 Å². The Morgan fingerprint density at radius 2 is 1.76 bits per heavy atom. The minimum absolute atomic E-state index is 0.145. The first-order chi connectivity index (χ1) is 9.56. The van der Waals surface area contributed by atoms with Gasteiger partial charge in [0.25, 0.3) is 0 Å². The number of hydrogen-bond acceptors (Lipinski definition) is 3. The molecule has 7 heteroatoms. The minimum atomic E-state index is -1.06. The second-order valence-corrected chi connectivity index (χ2v) is 6.15. The molecule has 0 aliphatic carbocycles. The Bertz CT molecular complexity index is 377. The Hall–Kier alpha value is -1.79. The van der Waals surface area contributed by atoms with Crippen LogP contribution in [0.5, 0.6) is 0 Å². The molecular weight excluding hydrogens is 274 g/mol. The van der Waals surface area contributed by atoms with Gasteiger partial charge in [-0.3, -0.25) is 4.79 Å². The predicted octanol–water partition coefficient (Wildman–Crippen LogP) is 1.09. The first-order valence-corrected chi connectivity index (χ1v) is 7.15. The summed E-state index contributed by atoms with van der Waals surface area (Å²) >= 11 is 0. The maximum Gasteiger partial charge on any atom is 0.326 e. The van der Waals surface area contributed by atoms with Crippen molar-refractivity contribution in [2.24, 2.45) is 5.92 Å². The molecule has 0 saturated heterocycles. The molecular formula is C14H27N3O4. The van der Waals surface area contributed by atoms with Gasteiger partial charge in [0.1, 0.15) is 6.04 Å². The highest BCUT2D eigenvalue weighted by atomic mass is 16.4. The Morgan fingerprint density at radius 1 is 1.19 bits per heavy atom. The maximum absolute atomic E-state index is 11.6. The summed E-state index contributed by atoms with van der Waals surface area (Å²) in [5.74, 6) is -1.40. The van der Waals surface area contributed by atoms with Crippen molar-refractivity contribution in [3.05, 3.63) is 0 Å². The topological polar surface area (TPSA) is 108 Å². The van der Waals surface area contributed by atoms with E-state index in [1.807, 2.05) is 27.7 Å². The molecule has 0 unspecified atom stereocenters. The molecule has 0 aromatic carbocycles. The number of carboxylic acid groups (broad SMARTS) is 1. The van der Waals surface area contributed by atoms with Crippen LogP contribution in [0.3, 0.4) is 0 Å². The van der Waals surface area contributed by atoms with Crippen LogP contribution in [0.15, 0.2) is 0 Å². The van der Waals surface area contributed by atoms with Crippen LogP contribution in [0.1, 0.15) is 47.5 Å². The van der Waals surface area contributed by atoms with Crippen molar-refractivity contribution in [2.45, 2.75) is 59.0 Å². The number of carbonyl (C=O) groups is 3. The quantitative estimate of drug-likeness (QED) is 0.564. The van der Waals surface area contributed by atoms with Crippen LogP contribution in [0.25, 0.3) is 0 Å². The Kier molecular flexibility index (Phi) is 7.76. The van der Waals surface area contributed by atoms with Crippen molar-refractivity contribution in [1.82, 2.24) is 16.0 Å². The molecule has 3 amide bonds. The number of urea groups is 1. The van der Waals surface area contributed by atoms with Crippen LogP contribution in [0, 0.1) is 5.92 Å². The molecule has 122 valence electrons. The number of carbonyl (C=O) groups excluding carboxylic acids is 2. The standard InChI is InChI=1S/C14H27N3O4/c1-6-9(2)11(12(19)20)16-13(21)15-8-7-10(18)17-14(3,4)5/h9,11H,6-8H2,1-5H3,(H,17,18)(H,19,20)(H2,15,16,21)/t9-,11-/m0/s1. The van der Waals surface area contributed by atoms with Crippen LogP contribution in [-0.2, 0) is 9.59 Å². The zero-order chi connectivity index (χ0) is 16.6. The van der Waals surface area contributed by atoms with Crippen LogP contribution in [0.4, 0.5) is 4.79 Å². The van der Waals surface area contributed by atoms with E-state index >= 15 is 0 Å². The van der Waals surface area contributed by atoms with Gasteiger partial charge in [0, 0.05) is 18.5 Å². The van der Waals surface area contributed by atoms with E-state index < -0.39 is 18.0 Å². The number of hydrogen-bond donors (Lipinski definition) is 4. The molecule has 0 rings (SSSR count). The fraction of sp³-hybridized carbons (Fsp3) is 0.786. The molecule has 21 heavy (non-hydrogen) atoms. The summed E-state index contributed by atoms with van der Waals surface area (Å²) in [6, 6.07) is -1.51. The average Bonchev–Trinajstić information content (AvgIpc) is 2.32. The van der Waals surface area contributed by atoms with E-state index in [1.54, 1.807) is 6.92 Å². The van der Waals surface area contributed by atoms with Crippen LogP contribution >= 0.6 is 0 Å². The summed E-state index contributed by atoms with van der Waals surface area (Å²) in [7, 11) is 0. The molecule has 0 heterocycles. The van der Waals surface area contributed by atoms with Gasteiger partial charge in [0.05, 0.1) is 0 Å². The zero-order valence-corrected chi connectivity index (χ0v) is 13.4. The minimum Gasteiger partial charge on any atom is -0.480 e. The molecule has 0 saturated carbocycles. The molecule has 2 atom stereocenters. The molecule has 7 nitrogen and oxygen atoms in total. The van der Waals surface area contributed by atoms with E-state index in [4.69, 9.17) is 5.11 Å². The largest absolute Gasteiger partial charge is 0.480 e. The summed E-state index contributed by atoms with van der Waals surface area (Å²) in [5.41, 5.74) is -0.315. The normalized spacial score (nSPS) is 14.0. The molecule has 0 aromatic heterocycles. The van der Waals surface area contributed by atoms with E-state index in [0.29, 0.717) is 6.42 Å². The predicted molar refractivity (Wildman–Crippen MR) is 79.9 cm³/mol. The smallest absolute Gasteiger partial charge is 0.326 e. The van der Waals surface area contributed by atoms with Gasteiger partial charge in [-0.2, -0.15) is 0 Å². The number of nitrogens with one attached hydrogen (secondary N) is 3. The molecule has 0 spiro atoms. The second kappa shape index (κ2) is 8.49. The number of aliphatic carboxylic acids is 1. The lowest BCUT2D eigenvalue weighted by molar-refractivity contribution is -0.140. The van der Waals surface area contributed by atoms with Crippen molar-refractivity contribution < 1.29 is 19.5 Å². The van der Waals surface area contributed by atoms with E-state index in [2.05, 4.69) is 16.0 Å². The summed E-state index contributed by atoms with van der Waals surface area (Å²) in [6.07, 6.45) is 0.789. The number of rotatable bonds is 7. The first-order valence-electron chi connectivity index (χ1n) is 7.15. The van der Waals surface area contributed by atoms with Crippen molar-refractivity contribution in [3.8, 4) is 0 Å². The van der Waals surface area contributed by atoms with Gasteiger partial charge in [0.15, 0.2) is 0 Å². The van der Waals surface area contributed by atoms with Crippen molar-refractivity contribution in [2.75, 3.05) is 6.54 Å². The highest BCUT2D eigenvalue weighted by Gasteiger charge is 2.25. The van der Waals surface area contributed by atoms with E-state index in [1.165, 1.54) is 0 Å². The van der Waals surface area contributed by atoms with Gasteiger partial charge in [-0.25, -0.2) is 9.59 Å². The molecule has 0 bridgehead atoms. The third kappa shape index (κ3) is 8.88. The fourth-order valence-electron chi connectivity index (χ4n) is 1.65. The Morgan fingerprint density at radius 3 is 2.19 bits per heavy atom. The fourth-order valence-corrected chi connectivity index (χ4v) is 1.65. The van der Waals surface area contributed by atoms with Gasteiger partial charge < -0.3 is 21.1 Å². The lowest BCUT2D eigenvalue weighted by Crippen LogP contribution is -2.49. The van der Waals surface area contributed by atoms with Gasteiger partial charge in [-0.1, -0.05) is 20.3 Å². The maximum atomic E-state index is 11.6. The molecule has 0 fully saturated rings. The van der Waals surface area contributed by atoms with Crippen molar-refractivity contribution in [1.29, 1.82) is 0 Å². The van der Waals surface area contributed by atoms with E-state index in [9.17, 15) is 14.4 Å². The van der Waals surface area contributed by atoms with Crippen LogP contribution < -0.4 is 16.0 Å². The van der Waals surface area contributed by atoms with Crippen molar-refractivity contribution in [3.63, 3.8) is 0 Å². The monoisotopic (exact) mass is 301 g/mol. The second-order valence-electron chi connectivity index (χ2n) is 6.15. The summed E-state index contributed by atoms with van der Waals surface area (Å²) < 4.78 is 0. The first kappa shape index (κ1) is 19.2. The van der Waals surface area contributed by atoms with Gasteiger partial charge in [0.2, 0.25) is 5.91 Å². The Labute approximate surface area is 125 Å². The number of carboxylic acids is 1. The van der Waals surface area contributed by atoms with Crippen LogP contribution in [-0.4, -0.2) is 41.1 Å². The number of amides is 3. The molecule has 0 aliphatic heterocycles. The lowest BCUT2D eigenvalue weighted by atomic mass is 9.99. The SMILES string of the molecule is CC[C@H](C)[C@H](NC(=O)NCCC(=O)NC(C)(C)C)C(=O)O. The van der Waals surface area contributed by atoms with Gasteiger partial charge >= 0.3 is 12.0 Å². The third-order valence-corrected chi connectivity index (χ3v) is 2.92. The van der Waals surface area contributed by atoms with E-state index in [-0.39, 0.29) is 30.3 Å². The summed E-state index contributed by atoms with van der Waals surface area (Å²) in [6.45, 7) is 9.38. The molecule has 0 radical (unpaired) electrons. The molecule has 0 aromatic rings. The van der Waals surface area contributed by atoms with E-state index in [0.717, 1.165) is 0 Å². The van der Waals surface area contributed by atoms with Gasteiger partial charge in [-0.15, -0.1) is 0 Å².